The third-order valence-corrected chi connectivity index (χ3v) is 4.77. The smallest absolute Gasteiger partial charge is 0.320 e. The van der Waals surface area contributed by atoms with E-state index in [1.807, 2.05) is 11.9 Å². The average Bonchev–Trinajstić information content (AvgIpc) is 2.52. The third-order valence-electron chi connectivity index (χ3n) is 4.77. The van der Waals surface area contributed by atoms with Crippen LogP contribution in [0.4, 0.5) is 10.5 Å². The van der Waals surface area contributed by atoms with Crippen molar-refractivity contribution in [1.29, 1.82) is 0 Å². The van der Waals surface area contributed by atoms with Crippen LogP contribution in [-0.2, 0) is 0 Å². The Morgan fingerprint density at radius 2 is 1.77 bits per heavy atom. The van der Waals surface area contributed by atoms with Crippen LogP contribution in [0, 0.1) is 0 Å². The molecule has 2 aliphatic heterocycles. The van der Waals surface area contributed by atoms with Crippen LogP contribution in [0.3, 0.4) is 0 Å². The predicted octanol–water partition coefficient (Wildman–Crippen LogP) is 2.09. The molecule has 2 fully saturated rings. The van der Waals surface area contributed by atoms with Gasteiger partial charge in [0.05, 0.1) is 18.7 Å². The molecule has 3 rings (SSSR count). The normalized spacial score (nSPS) is 21.4. The minimum atomic E-state index is -0.691. The van der Waals surface area contributed by atoms with Crippen LogP contribution < -0.4 is 5.32 Å². The van der Waals surface area contributed by atoms with Crippen LogP contribution in [0.15, 0.2) is 24.3 Å². The molecule has 0 unspecified atom stereocenters. The first kappa shape index (κ1) is 15.2. The summed E-state index contributed by atoms with van der Waals surface area (Å²) in [5.41, 5.74) is 1.79. The van der Waals surface area contributed by atoms with E-state index in [-0.39, 0.29) is 6.03 Å². The maximum Gasteiger partial charge on any atom is 0.320 e. The fraction of sp³-hybridized carbons (Fsp3) is 0.588. The largest absolute Gasteiger partial charge is 0.388 e. The van der Waals surface area contributed by atoms with Crippen LogP contribution in [-0.4, -0.2) is 59.8 Å². The molecule has 0 saturated carbocycles. The number of carbonyl (C=O) groups is 1. The molecule has 5 heteroatoms. The van der Waals surface area contributed by atoms with Crippen LogP contribution in [0.2, 0.25) is 0 Å². The van der Waals surface area contributed by atoms with Gasteiger partial charge in [0.15, 0.2) is 0 Å². The summed E-state index contributed by atoms with van der Waals surface area (Å²) in [5.74, 6) is 0.537. The van der Waals surface area contributed by atoms with Crippen LogP contribution in [0.1, 0.15) is 31.2 Å². The Labute approximate surface area is 131 Å². The van der Waals surface area contributed by atoms with Gasteiger partial charge in [-0.05, 0) is 43.4 Å². The summed E-state index contributed by atoms with van der Waals surface area (Å²) < 4.78 is 0. The number of carbonyl (C=O) groups excluding carboxylic acids is 1. The SMILES string of the molecule is CNc1ccc(C2CCN(C(=O)N3CC(C)(O)C3)CC2)cc1. The van der Waals surface area contributed by atoms with E-state index in [1.54, 1.807) is 11.8 Å². The number of anilines is 1. The number of β-amino-alcohol motifs (C(OH)–C–C–N with tert-alkyl or cyclic N) is 1. The zero-order valence-electron chi connectivity index (χ0n) is 13.4. The van der Waals surface area contributed by atoms with Crippen molar-refractivity contribution in [3.8, 4) is 0 Å². The second-order valence-electron chi connectivity index (χ2n) is 6.77. The Morgan fingerprint density at radius 1 is 1.18 bits per heavy atom. The van der Waals surface area contributed by atoms with E-state index in [1.165, 1.54) is 5.56 Å². The van der Waals surface area contributed by atoms with Crippen molar-refractivity contribution in [1.82, 2.24) is 9.80 Å². The van der Waals surface area contributed by atoms with E-state index in [2.05, 4.69) is 29.6 Å². The molecule has 0 bridgehead atoms. The van der Waals surface area contributed by atoms with Crippen molar-refractivity contribution in [3.05, 3.63) is 29.8 Å². The Balaban J connectivity index is 1.52. The van der Waals surface area contributed by atoms with Gasteiger partial charge in [-0.3, -0.25) is 0 Å². The Bertz CT molecular complexity index is 525. The molecule has 2 heterocycles. The lowest BCUT2D eigenvalue weighted by molar-refractivity contribution is -0.0673. The molecule has 2 saturated heterocycles. The molecule has 2 aliphatic rings. The van der Waals surface area contributed by atoms with E-state index >= 15 is 0 Å². The summed E-state index contributed by atoms with van der Waals surface area (Å²) >= 11 is 0. The Morgan fingerprint density at radius 3 is 2.27 bits per heavy atom. The minimum Gasteiger partial charge on any atom is -0.388 e. The first-order valence-corrected chi connectivity index (χ1v) is 8.02. The zero-order valence-corrected chi connectivity index (χ0v) is 13.4. The van der Waals surface area contributed by atoms with E-state index in [0.29, 0.717) is 19.0 Å². The Kier molecular flexibility index (Phi) is 4.00. The molecule has 0 aliphatic carbocycles. The number of likely N-dealkylation sites (tertiary alicyclic amines) is 2. The van der Waals surface area contributed by atoms with Gasteiger partial charge >= 0.3 is 6.03 Å². The lowest BCUT2D eigenvalue weighted by Crippen LogP contribution is -2.64. The van der Waals surface area contributed by atoms with Crippen LogP contribution in [0.25, 0.3) is 0 Å². The number of piperidine rings is 1. The second kappa shape index (κ2) is 5.80. The van der Waals surface area contributed by atoms with Crippen molar-refractivity contribution < 1.29 is 9.90 Å². The van der Waals surface area contributed by atoms with Crippen molar-refractivity contribution in [3.63, 3.8) is 0 Å². The van der Waals surface area contributed by atoms with Gasteiger partial charge in [-0.25, -0.2) is 4.79 Å². The topological polar surface area (TPSA) is 55.8 Å². The molecule has 0 atom stereocenters. The molecule has 1 aromatic carbocycles. The summed E-state index contributed by atoms with van der Waals surface area (Å²) in [6.07, 6.45) is 2.02. The van der Waals surface area contributed by atoms with Gasteiger partial charge in [0.1, 0.15) is 0 Å². The number of benzene rings is 1. The molecular formula is C17H25N3O2. The van der Waals surface area contributed by atoms with Crippen molar-refractivity contribution >= 4 is 11.7 Å². The first-order valence-electron chi connectivity index (χ1n) is 8.02. The van der Waals surface area contributed by atoms with Crippen molar-refractivity contribution in [2.24, 2.45) is 0 Å². The molecule has 0 aromatic heterocycles. The molecule has 120 valence electrons. The fourth-order valence-electron chi connectivity index (χ4n) is 3.44. The third kappa shape index (κ3) is 3.04. The minimum absolute atomic E-state index is 0.0792. The highest BCUT2D eigenvalue weighted by atomic mass is 16.3. The molecule has 0 spiro atoms. The maximum atomic E-state index is 12.3. The van der Waals surface area contributed by atoms with Crippen molar-refractivity contribution in [2.45, 2.75) is 31.3 Å². The molecule has 2 N–H and O–H groups in total. The van der Waals surface area contributed by atoms with Gasteiger partial charge in [-0.15, -0.1) is 0 Å². The van der Waals surface area contributed by atoms with Gasteiger partial charge in [0, 0.05) is 25.8 Å². The number of hydrogen-bond acceptors (Lipinski definition) is 3. The molecule has 5 nitrogen and oxygen atoms in total. The number of urea groups is 1. The van der Waals surface area contributed by atoms with Crippen LogP contribution in [0.5, 0.6) is 0 Å². The second-order valence-corrected chi connectivity index (χ2v) is 6.77. The fourth-order valence-corrected chi connectivity index (χ4v) is 3.44. The first-order chi connectivity index (χ1) is 10.5. The highest BCUT2D eigenvalue weighted by Gasteiger charge is 2.41. The van der Waals surface area contributed by atoms with Gasteiger partial charge in [0.25, 0.3) is 0 Å². The number of aliphatic hydroxyl groups is 1. The number of nitrogens with one attached hydrogen (secondary N) is 1. The van der Waals surface area contributed by atoms with Crippen LogP contribution >= 0.6 is 0 Å². The highest BCUT2D eigenvalue weighted by molar-refractivity contribution is 5.75. The summed E-state index contributed by atoms with van der Waals surface area (Å²) in [5, 5.41) is 12.9. The number of rotatable bonds is 2. The quantitative estimate of drug-likeness (QED) is 0.879. The van der Waals surface area contributed by atoms with Gasteiger partial charge in [-0.2, -0.15) is 0 Å². The molecule has 22 heavy (non-hydrogen) atoms. The highest BCUT2D eigenvalue weighted by Crippen LogP contribution is 2.30. The lowest BCUT2D eigenvalue weighted by atomic mass is 9.89. The molecule has 2 amide bonds. The summed E-state index contributed by atoms with van der Waals surface area (Å²) in [4.78, 5) is 16.0. The van der Waals surface area contributed by atoms with E-state index in [4.69, 9.17) is 0 Å². The monoisotopic (exact) mass is 303 g/mol. The van der Waals surface area contributed by atoms with Gasteiger partial charge in [0.2, 0.25) is 0 Å². The standard InChI is InChI=1S/C17H25N3O2/c1-17(22)11-20(12-17)16(21)19-9-7-14(8-10-19)13-3-5-15(18-2)6-4-13/h3-6,14,18,22H,7-12H2,1-2H3. The average molecular weight is 303 g/mol. The maximum absolute atomic E-state index is 12.3. The number of hydrogen-bond donors (Lipinski definition) is 2. The number of amides is 2. The van der Waals surface area contributed by atoms with Gasteiger partial charge < -0.3 is 20.2 Å². The summed E-state index contributed by atoms with van der Waals surface area (Å²) in [6.45, 7) is 4.29. The lowest BCUT2D eigenvalue weighted by Gasteiger charge is -2.47. The van der Waals surface area contributed by atoms with E-state index in [0.717, 1.165) is 31.6 Å². The van der Waals surface area contributed by atoms with Crippen molar-refractivity contribution in [2.75, 3.05) is 38.5 Å². The molecule has 0 radical (unpaired) electrons. The molecule has 1 aromatic rings. The Hall–Kier alpha value is -1.75. The number of nitrogens with zero attached hydrogens (tertiary/aromatic N) is 2. The van der Waals surface area contributed by atoms with E-state index in [9.17, 15) is 9.90 Å². The summed E-state index contributed by atoms with van der Waals surface area (Å²) in [7, 11) is 1.92. The van der Waals surface area contributed by atoms with Gasteiger partial charge in [-0.1, -0.05) is 12.1 Å². The summed E-state index contributed by atoms with van der Waals surface area (Å²) in [6, 6.07) is 8.65. The zero-order chi connectivity index (χ0) is 15.7. The predicted molar refractivity (Wildman–Crippen MR) is 87.1 cm³/mol. The van der Waals surface area contributed by atoms with E-state index < -0.39 is 5.60 Å². The molecular weight excluding hydrogens is 278 g/mol.